The van der Waals surface area contributed by atoms with E-state index in [-0.39, 0.29) is 17.7 Å². The first kappa shape index (κ1) is 20.1. The number of nitrogens with zero attached hydrogens (tertiary/aromatic N) is 2. The maximum Gasteiger partial charge on any atom is 0.220 e. The minimum absolute atomic E-state index is 0.0154. The van der Waals surface area contributed by atoms with Crippen LogP contribution in [0.2, 0.25) is 0 Å². The fourth-order valence-corrected chi connectivity index (χ4v) is 4.05. The summed E-state index contributed by atoms with van der Waals surface area (Å²) in [5, 5.41) is 7.73. The highest BCUT2D eigenvalue weighted by molar-refractivity contribution is 5.76. The summed E-state index contributed by atoms with van der Waals surface area (Å²) < 4.78 is 20.8. The predicted octanol–water partition coefficient (Wildman–Crippen LogP) is 4.21. The Hall–Kier alpha value is -3.15. The molecule has 1 atom stereocenters. The van der Waals surface area contributed by atoms with Crippen LogP contribution < -0.4 is 10.1 Å². The molecule has 0 saturated carbocycles. The number of rotatable bonds is 7. The Morgan fingerprint density at radius 2 is 2.07 bits per heavy atom. The molecular formula is C24H26FN3O2. The highest BCUT2D eigenvalue weighted by atomic mass is 19.1. The number of hydrogen-bond acceptors (Lipinski definition) is 3. The molecule has 0 fully saturated rings. The Bertz CT molecular complexity index is 1020. The number of amides is 1. The quantitative estimate of drug-likeness (QED) is 0.638. The third-order valence-electron chi connectivity index (χ3n) is 5.63. The van der Waals surface area contributed by atoms with Crippen molar-refractivity contribution in [3.8, 4) is 5.75 Å². The number of ether oxygens (including phenoxy) is 1. The van der Waals surface area contributed by atoms with E-state index < -0.39 is 5.82 Å². The average Bonchev–Trinajstić information content (AvgIpc) is 3.17. The predicted molar refractivity (Wildman–Crippen MR) is 113 cm³/mol. The first-order valence-electron chi connectivity index (χ1n) is 10.3. The van der Waals surface area contributed by atoms with E-state index in [2.05, 4.69) is 22.5 Å². The van der Waals surface area contributed by atoms with Crippen LogP contribution in [0.5, 0.6) is 5.75 Å². The number of carbonyl (C=O) groups excluding carboxylic acids is 1. The molecule has 6 heteroatoms. The molecule has 1 aliphatic rings. The van der Waals surface area contributed by atoms with Gasteiger partial charge in [0, 0.05) is 17.7 Å². The molecule has 0 aliphatic heterocycles. The Morgan fingerprint density at radius 3 is 2.83 bits per heavy atom. The number of aromatic nitrogens is 2. The lowest BCUT2D eigenvalue weighted by molar-refractivity contribution is -0.121. The summed E-state index contributed by atoms with van der Waals surface area (Å²) in [7, 11) is 1.44. The van der Waals surface area contributed by atoms with Crippen molar-refractivity contribution in [3.05, 3.63) is 82.9 Å². The Kier molecular flexibility index (Phi) is 6.12. The van der Waals surface area contributed by atoms with Crippen molar-refractivity contribution < 1.29 is 13.9 Å². The summed E-state index contributed by atoms with van der Waals surface area (Å²) in [5.74, 6) is -0.219. The van der Waals surface area contributed by atoms with Gasteiger partial charge in [0.25, 0.3) is 0 Å². The summed E-state index contributed by atoms with van der Waals surface area (Å²) in [5.41, 5.74) is 4.30. The lowest BCUT2D eigenvalue weighted by atomic mass is 9.92. The van der Waals surface area contributed by atoms with Gasteiger partial charge in [-0.1, -0.05) is 36.4 Å². The van der Waals surface area contributed by atoms with Gasteiger partial charge in [-0.05, 0) is 48.9 Å². The SMILES string of the molecule is COc1ccc(CCC(=O)NC2CCCc3c2cnn3Cc2ccccc2)cc1F. The molecule has 1 amide bonds. The van der Waals surface area contributed by atoms with Crippen LogP contribution in [-0.2, 0) is 24.2 Å². The van der Waals surface area contributed by atoms with E-state index in [0.29, 0.717) is 12.8 Å². The van der Waals surface area contributed by atoms with Gasteiger partial charge in [-0.3, -0.25) is 9.48 Å². The van der Waals surface area contributed by atoms with Crippen LogP contribution in [0.3, 0.4) is 0 Å². The van der Waals surface area contributed by atoms with E-state index in [1.807, 2.05) is 29.1 Å². The fraction of sp³-hybridized carbons (Fsp3) is 0.333. The normalized spacial score (nSPS) is 15.5. The molecule has 0 bridgehead atoms. The van der Waals surface area contributed by atoms with E-state index in [1.165, 1.54) is 24.4 Å². The summed E-state index contributed by atoms with van der Waals surface area (Å²) in [4.78, 5) is 12.5. The van der Waals surface area contributed by atoms with Crippen LogP contribution >= 0.6 is 0 Å². The number of carbonyl (C=O) groups is 1. The van der Waals surface area contributed by atoms with E-state index in [9.17, 15) is 9.18 Å². The molecular weight excluding hydrogens is 381 g/mol. The number of fused-ring (bicyclic) bond motifs is 1. The van der Waals surface area contributed by atoms with Gasteiger partial charge in [-0.25, -0.2) is 4.39 Å². The fourth-order valence-electron chi connectivity index (χ4n) is 4.05. The maximum atomic E-state index is 13.8. The van der Waals surface area contributed by atoms with Crippen molar-refractivity contribution in [2.24, 2.45) is 0 Å². The minimum atomic E-state index is -0.404. The van der Waals surface area contributed by atoms with Gasteiger partial charge in [-0.15, -0.1) is 0 Å². The molecule has 4 rings (SSSR count). The molecule has 156 valence electrons. The van der Waals surface area contributed by atoms with Crippen LogP contribution in [0.25, 0.3) is 0 Å². The smallest absolute Gasteiger partial charge is 0.220 e. The lowest BCUT2D eigenvalue weighted by Gasteiger charge is -2.24. The Labute approximate surface area is 175 Å². The van der Waals surface area contributed by atoms with Crippen LogP contribution in [0.4, 0.5) is 4.39 Å². The highest BCUT2D eigenvalue weighted by Gasteiger charge is 2.25. The zero-order chi connectivity index (χ0) is 20.9. The third kappa shape index (κ3) is 4.53. The highest BCUT2D eigenvalue weighted by Crippen LogP contribution is 2.30. The molecule has 1 heterocycles. The number of halogens is 1. The molecule has 1 unspecified atom stereocenters. The Morgan fingerprint density at radius 1 is 1.23 bits per heavy atom. The number of benzene rings is 2. The van der Waals surface area contributed by atoms with Gasteiger partial charge in [0.1, 0.15) is 0 Å². The summed E-state index contributed by atoms with van der Waals surface area (Å²) in [6.45, 7) is 0.736. The number of hydrogen-bond donors (Lipinski definition) is 1. The van der Waals surface area contributed by atoms with E-state index in [4.69, 9.17) is 4.74 Å². The topological polar surface area (TPSA) is 56.1 Å². The van der Waals surface area contributed by atoms with E-state index in [0.717, 1.165) is 36.9 Å². The monoisotopic (exact) mass is 407 g/mol. The Balaban J connectivity index is 1.38. The molecule has 1 N–H and O–H groups in total. The molecule has 0 spiro atoms. The van der Waals surface area contributed by atoms with Crippen molar-refractivity contribution in [2.75, 3.05) is 7.11 Å². The number of methoxy groups -OCH3 is 1. The van der Waals surface area contributed by atoms with Crippen LogP contribution in [-0.4, -0.2) is 22.8 Å². The van der Waals surface area contributed by atoms with Crippen molar-refractivity contribution in [2.45, 2.75) is 44.7 Å². The summed E-state index contributed by atoms with van der Waals surface area (Å²) in [6.07, 6.45) is 5.59. The van der Waals surface area contributed by atoms with Crippen LogP contribution in [0.1, 0.15) is 47.7 Å². The van der Waals surface area contributed by atoms with Gasteiger partial charge < -0.3 is 10.1 Å². The maximum absolute atomic E-state index is 13.8. The van der Waals surface area contributed by atoms with Gasteiger partial charge in [0.15, 0.2) is 11.6 Å². The first-order chi connectivity index (χ1) is 14.6. The van der Waals surface area contributed by atoms with Crippen LogP contribution in [0, 0.1) is 5.82 Å². The number of aryl methyl sites for hydroxylation is 1. The standard InChI is InChI=1S/C24H26FN3O2/c1-30-23-12-10-17(14-20(23)25)11-13-24(29)27-21-8-5-9-22-19(21)15-26-28(22)16-18-6-3-2-4-7-18/h2-4,6-7,10,12,14-15,21H,5,8-9,11,13,16H2,1H3,(H,27,29). The van der Waals surface area contributed by atoms with E-state index in [1.54, 1.807) is 12.1 Å². The van der Waals surface area contributed by atoms with Crippen molar-refractivity contribution >= 4 is 5.91 Å². The minimum Gasteiger partial charge on any atom is -0.494 e. The second-order valence-electron chi connectivity index (χ2n) is 7.67. The van der Waals surface area contributed by atoms with Crippen molar-refractivity contribution in [1.29, 1.82) is 0 Å². The van der Waals surface area contributed by atoms with Crippen molar-refractivity contribution in [3.63, 3.8) is 0 Å². The van der Waals surface area contributed by atoms with E-state index >= 15 is 0 Å². The molecule has 0 radical (unpaired) electrons. The van der Waals surface area contributed by atoms with Gasteiger partial charge in [0.05, 0.1) is 25.9 Å². The zero-order valence-corrected chi connectivity index (χ0v) is 17.1. The van der Waals surface area contributed by atoms with Crippen molar-refractivity contribution in [1.82, 2.24) is 15.1 Å². The lowest BCUT2D eigenvalue weighted by Crippen LogP contribution is -2.31. The molecule has 2 aromatic carbocycles. The molecule has 0 saturated heterocycles. The molecule has 3 aromatic rings. The second kappa shape index (κ2) is 9.11. The van der Waals surface area contributed by atoms with Gasteiger partial charge >= 0.3 is 0 Å². The summed E-state index contributed by atoms with van der Waals surface area (Å²) >= 11 is 0. The van der Waals surface area contributed by atoms with Gasteiger partial charge in [-0.2, -0.15) is 5.10 Å². The largest absolute Gasteiger partial charge is 0.494 e. The zero-order valence-electron chi connectivity index (χ0n) is 17.1. The van der Waals surface area contributed by atoms with Crippen LogP contribution in [0.15, 0.2) is 54.7 Å². The number of nitrogens with one attached hydrogen (secondary N) is 1. The molecule has 5 nitrogen and oxygen atoms in total. The molecule has 1 aliphatic carbocycles. The third-order valence-corrected chi connectivity index (χ3v) is 5.63. The second-order valence-corrected chi connectivity index (χ2v) is 7.67. The average molecular weight is 407 g/mol. The summed E-state index contributed by atoms with van der Waals surface area (Å²) in [6, 6.07) is 15.1. The first-order valence-corrected chi connectivity index (χ1v) is 10.3. The van der Waals surface area contributed by atoms with Gasteiger partial charge in [0.2, 0.25) is 5.91 Å². The molecule has 30 heavy (non-hydrogen) atoms. The molecule has 1 aromatic heterocycles.